The molecule has 0 radical (unpaired) electrons. The third kappa shape index (κ3) is 21.3. The fourth-order valence-electron chi connectivity index (χ4n) is 13.2. The third-order valence-electron chi connectivity index (χ3n) is 19.1. The van der Waals surface area contributed by atoms with Crippen molar-refractivity contribution in [1.29, 1.82) is 0 Å². The van der Waals surface area contributed by atoms with Gasteiger partial charge in [-0.2, -0.15) is 0 Å². The van der Waals surface area contributed by atoms with Gasteiger partial charge in [0.05, 0.1) is 75.4 Å². The molecule has 0 spiro atoms. The van der Waals surface area contributed by atoms with Gasteiger partial charge in [-0.3, -0.25) is 4.99 Å². The average molecular weight is 1650 g/mol. The minimum absolute atomic E-state index is 0.00454. The van der Waals surface area contributed by atoms with Gasteiger partial charge < -0.3 is 71.1 Å². The lowest BCUT2D eigenvalue weighted by molar-refractivity contribution is -0.332. The van der Waals surface area contributed by atoms with Crippen molar-refractivity contribution in [2.24, 2.45) is 4.99 Å². The van der Waals surface area contributed by atoms with Gasteiger partial charge in [-0.05, 0) is 121 Å². The Labute approximate surface area is 690 Å². The number of hydrogen-bond acceptors (Lipinski definition) is 28. The van der Waals surface area contributed by atoms with Gasteiger partial charge >= 0.3 is 59.7 Å². The van der Waals surface area contributed by atoms with Crippen LogP contribution < -0.4 is 0 Å². The van der Waals surface area contributed by atoms with Crippen molar-refractivity contribution in [2.45, 2.75) is 91.3 Å². The maximum atomic E-state index is 15.2. The Bertz CT molecular complexity index is 5150. The molecule has 606 valence electrons. The van der Waals surface area contributed by atoms with Crippen LogP contribution in [-0.4, -0.2) is 187 Å². The third-order valence-corrected chi connectivity index (χ3v) is 21.4. The summed E-state index contributed by atoms with van der Waals surface area (Å²) in [7, 11) is 0. The van der Waals surface area contributed by atoms with Crippen molar-refractivity contribution < 1.29 is 119 Å². The van der Waals surface area contributed by atoms with E-state index in [0.29, 0.717) is 16.7 Å². The summed E-state index contributed by atoms with van der Waals surface area (Å²) in [6, 6.07) is 77.1. The minimum atomic E-state index is -2.11. The SMILES string of the molecule is O=C(OC[C@H]1O[C@@H](OC[C@H]2O[C@@H](OC[C@H]3O[C@@H](SC4=NCCS4)[C@H](OC(=O)c4ccccc4)[C@@H](OC(=O)c4ccccc4)[C@@H]3OC(=O)c3ccccc3)[C@H](OC(=O)c3ccccc3)[C@@H](OC(=O)c3ccccc3)[C@H]2OC(=O)c2ccccc2)[C@H](OC(=O)c2ccccc2)[C@@H](OC(=O)c2ccccc2)[C@@H]1OC(=O)c1ccccc1)c1ccccc1. The van der Waals surface area contributed by atoms with Crippen LogP contribution in [0.5, 0.6) is 0 Å². The van der Waals surface area contributed by atoms with Crippen LogP contribution in [-0.2, 0) is 71.1 Å². The maximum Gasteiger partial charge on any atom is 0.338 e. The number of hydrogen-bond donors (Lipinski definition) is 0. The molecule has 26 nitrogen and oxygen atoms in total. The molecule has 14 rings (SSSR count). The number of ether oxygens (including phenoxy) is 15. The molecule has 4 heterocycles. The van der Waals surface area contributed by atoms with Crippen LogP contribution in [0.25, 0.3) is 0 Å². The van der Waals surface area contributed by atoms with Crippen LogP contribution in [0.3, 0.4) is 0 Å². The molecule has 0 saturated carbocycles. The molecule has 0 bridgehead atoms. The van der Waals surface area contributed by atoms with E-state index in [1.54, 1.807) is 182 Å². The van der Waals surface area contributed by atoms with Gasteiger partial charge in [0.25, 0.3) is 0 Å². The second kappa shape index (κ2) is 40.3. The summed E-state index contributed by atoms with van der Waals surface area (Å²) in [6.07, 6.45) is -26.8. The second-order valence-electron chi connectivity index (χ2n) is 27.0. The first-order valence-corrected chi connectivity index (χ1v) is 39.6. The smallest absolute Gasteiger partial charge is 0.338 e. The van der Waals surface area contributed by atoms with Crippen LogP contribution in [0.4, 0.5) is 0 Å². The fraction of sp³-hybridized carbons (Fsp3) is 0.220. The fourth-order valence-corrected chi connectivity index (χ4v) is 15.4. The molecule has 10 aromatic carbocycles. The number of carbonyl (C=O) groups excluding carboxylic acids is 10. The van der Waals surface area contributed by atoms with E-state index >= 15 is 14.4 Å². The first kappa shape index (κ1) is 82.6. The summed E-state index contributed by atoms with van der Waals surface area (Å²) in [6.45, 7) is -2.23. The zero-order valence-electron chi connectivity index (χ0n) is 63.0. The lowest BCUT2D eigenvalue weighted by Crippen LogP contribution is -2.65. The average Bonchev–Trinajstić information content (AvgIpc) is 1.01. The summed E-state index contributed by atoms with van der Waals surface area (Å²) in [4.78, 5) is 153. The molecule has 15 atom stereocenters. The van der Waals surface area contributed by atoms with Crippen LogP contribution in [0.2, 0.25) is 0 Å². The normalized spacial score (nSPS) is 23.1. The highest BCUT2D eigenvalue weighted by atomic mass is 32.2. The topological polar surface area (TPSA) is 322 Å². The molecular weight excluding hydrogens is 1570 g/mol. The molecule has 0 amide bonds. The monoisotopic (exact) mass is 1650 g/mol. The number of thioether (sulfide) groups is 2. The van der Waals surface area contributed by atoms with Crippen molar-refractivity contribution in [3.63, 3.8) is 0 Å². The highest BCUT2D eigenvalue weighted by Crippen LogP contribution is 2.41. The molecule has 0 N–H and O–H groups in total. The van der Waals surface area contributed by atoms with Gasteiger partial charge in [-0.15, -0.1) is 0 Å². The number of benzene rings is 10. The van der Waals surface area contributed by atoms with Crippen LogP contribution >= 0.6 is 23.5 Å². The van der Waals surface area contributed by atoms with Gasteiger partial charge in [-0.25, -0.2) is 47.9 Å². The summed E-state index contributed by atoms with van der Waals surface area (Å²) in [5.74, 6) is -9.48. The maximum absolute atomic E-state index is 15.2. The Morgan fingerprint density at radius 3 is 0.748 bits per heavy atom. The molecule has 3 saturated heterocycles. The van der Waals surface area contributed by atoms with Crippen LogP contribution in [0.15, 0.2) is 308 Å². The molecule has 28 heteroatoms. The summed E-state index contributed by atoms with van der Waals surface area (Å²) < 4.78 is 99.3. The first-order chi connectivity index (χ1) is 58.2. The largest absolute Gasteiger partial charge is 0.459 e. The van der Waals surface area contributed by atoms with E-state index in [0.717, 1.165) is 11.8 Å². The van der Waals surface area contributed by atoms with E-state index in [1.807, 2.05) is 0 Å². The molecule has 4 aliphatic rings. The van der Waals surface area contributed by atoms with Crippen molar-refractivity contribution in [3.05, 3.63) is 359 Å². The Morgan fingerprint density at radius 1 is 0.269 bits per heavy atom. The van der Waals surface area contributed by atoms with E-state index in [1.165, 1.54) is 133 Å². The van der Waals surface area contributed by atoms with Gasteiger partial charge in [-0.1, -0.05) is 206 Å². The Balaban J connectivity index is 0.908. The zero-order chi connectivity index (χ0) is 82.4. The predicted molar refractivity (Wildman–Crippen MR) is 428 cm³/mol. The highest BCUT2D eigenvalue weighted by molar-refractivity contribution is 8.39. The highest BCUT2D eigenvalue weighted by Gasteiger charge is 2.59. The number of rotatable bonds is 28. The van der Waals surface area contributed by atoms with E-state index < -0.39 is 171 Å². The van der Waals surface area contributed by atoms with E-state index in [9.17, 15) is 33.6 Å². The molecule has 119 heavy (non-hydrogen) atoms. The zero-order valence-corrected chi connectivity index (χ0v) is 64.7. The Morgan fingerprint density at radius 2 is 0.487 bits per heavy atom. The van der Waals surface area contributed by atoms with Crippen LogP contribution in [0, 0.1) is 0 Å². The van der Waals surface area contributed by atoms with Crippen molar-refractivity contribution in [1.82, 2.24) is 0 Å². The molecule has 3 fully saturated rings. The van der Waals surface area contributed by atoms with Crippen molar-refractivity contribution in [3.8, 4) is 0 Å². The second-order valence-corrected chi connectivity index (χ2v) is 29.4. The molecular formula is C91H75NO25S2. The number of aliphatic imine (C=N–C) groups is 1. The van der Waals surface area contributed by atoms with Gasteiger partial charge in [0.2, 0.25) is 0 Å². The molecule has 0 aromatic heterocycles. The lowest BCUT2D eigenvalue weighted by atomic mass is 9.96. The Kier molecular flexibility index (Phi) is 28.0. The Hall–Kier alpha value is -12.9. The number of esters is 10. The number of carbonyl (C=O) groups is 10. The lowest BCUT2D eigenvalue weighted by Gasteiger charge is -2.47. The quantitative estimate of drug-likeness (QED) is 0.0325. The van der Waals surface area contributed by atoms with Crippen LogP contribution in [0.1, 0.15) is 104 Å². The molecule has 0 aliphatic carbocycles. The van der Waals surface area contributed by atoms with Gasteiger partial charge in [0, 0.05) is 5.75 Å². The summed E-state index contributed by atoms with van der Waals surface area (Å²) in [5.41, 5.74) is -1.41. The standard InChI is InChI=1S/C91H75NO25S2/c93-78(56-31-11-1-12-32-56)103-53-66-69(109-79(94)57-33-13-2-14-34-57)72(112-82(97)60-39-19-5-20-40-60)75(115-85(100)63-45-25-8-26-46-63)88(106-66)104-54-67-70(110-80(95)58-35-15-3-16-36-58)73(113-83(98)61-41-21-6-22-42-61)76(116-86(101)64-47-27-9-28-48-64)89(107-67)105-55-68-71(111-81(96)59-37-17-4-18-38-59)74(114-84(99)62-43-23-7-24-44-62)77(90(108-68)119-91-92-51-52-118-91)117-87(102)65-49-29-10-30-50-65/h1-50,66-77,88-90H,51-55H2/t66-,67-,68-,69-,70+,71-,72+,73+,74+,75-,76-,77-,88-,89-,90+/m1/s1. The minimum Gasteiger partial charge on any atom is -0.459 e. The van der Waals surface area contributed by atoms with E-state index in [2.05, 4.69) is 4.99 Å². The van der Waals surface area contributed by atoms with Crippen molar-refractivity contribution in [2.75, 3.05) is 32.1 Å². The van der Waals surface area contributed by atoms with E-state index in [4.69, 9.17) is 71.1 Å². The predicted octanol–water partition coefficient (Wildman–Crippen LogP) is 12.9. The van der Waals surface area contributed by atoms with Gasteiger partial charge in [0.15, 0.2) is 73.0 Å². The molecule has 0 unspecified atom stereocenters. The van der Waals surface area contributed by atoms with Gasteiger partial charge in [0.1, 0.15) is 29.3 Å². The summed E-state index contributed by atoms with van der Waals surface area (Å²) in [5, 5.41) is 0. The number of nitrogens with zero attached hydrogens (tertiary/aromatic N) is 1. The molecule has 4 aliphatic heterocycles. The van der Waals surface area contributed by atoms with E-state index in [-0.39, 0.29) is 55.6 Å². The first-order valence-electron chi connectivity index (χ1n) is 37.8. The van der Waals surface area contributed by atoms with Crippen molar-refractivity contribution >= 4 is 87.6 Å². The molecule has 10 aromatic rings. The summed E-state index contributed by atoms with van der Waals surface area (Å²) >= 11 is 2.37.